The lowest BCUT2D eigenvalue weighted by atomic mass is 10.0. The van der Waals surface area contributed by atoms with Crippen LogP contribution in [0.25, 0.3) is 0 Å². The zero-order chi connectivity index (χ0) is 23.3. The molecule has 1 aromatic heterocycles. The van der Waals surface area contributed by atoms with E-state index >= 15 is 0 Å². The van der Waals surface area contributed by atoms with Gasteiger partial charge in [0.1, 0.15) is 23.4 Å². The van der Waals surface area contributed by atoms with Crippen LogP contribution in [-0.4, -0.2) is 43.8 Å². The molecule has 2 aromatic carbocycles. The minimum Gasteiger partial charge on any atom is -0.497 e. The van der Waals surface area contributed by atoms with Crippen LogP contribution in [0.4, 0.5) is 5.69 Å². The van der Waals surface area contributed by atoms with Gasteiger partial charge in [0, 0.05) is 36.8 Å². The van der Waals surface area contributed by atoms with Gasteiger partial charge < -0.3 is 19.4 Å². The maximum Gasteiger partial charge on any atom is 0.252 e. The Hall–Kier alpha value is -3.53. The van der Waals surface area contributed by atoms with Crippen LogP contribution < -0.4 is 19.5 Å². The molecule has 0 saturated carbocycles. The minimum atomic E-state index is -3.46. The van der Waals surface area contributed by atoms with Crippen molar-refractivity contribution < 1.29 is 22.7 Å². The Morgan fingerprint density at radius 2 is 1.81 bits per heavy atom. The van der Waals surface area contributed by atoms with Crippen molar-refractivity contribution in [1.29, 1.82) is 0 Å². The Bertz CT molecular complexity index is 1180. The Morgan fingerprint density at radius 3 is 2.38 bits per heavy atom. The quantitative estimate of drug-likeness (QED) is 0.510. The number of carbonyl (C=O) groups is 1. The van der Waals surface area contributed by atoms with Crippen LogP contribution in [0.15, 0.2) is 54.9 Å². The molecule has 9 nitrogen and oxygen atoms in total. The van der Waals surface area contributed by atoms with Gasteiger partial charge in [-0.1, -0.05) is 6.07 Å². The van der Waals surface area contributed by atoms with Crippen LogP contribution in [0.1, 0.15) is 34.7 Å². The summed E-state index contributed by atoms with van der Waals surface area (Å²) in [6.45, 7) is 1.54. The molecule has 2 N–H and O–H groups in total. The van der Waals surface area contributed by atoms with Crippen molar-refractivity contribution in [3.05, 3.63) is 71.8 Å². The van der Waals surface area contributed by atoms with Gasteiger partial charge in [0.2, 0.25) is 10.0 Å². The van der Waals surface area contributed by atoms with E-state index in [1.54, 1.807) is 69.9 Å². The van der Waals surface area contributed by atoms with Gasteiger partial charge >= 0.3 is 0 Å². The second-order valence-corrected chi connectivity index (χ2v) is 9.05. The zero-order valence-electron chi connectivity index (χ0n) is 18.3. The molecule has 10 heteroatoms. The number of anilines is 1. The molecule has 0 spiro atoms. The third-order valence-corrected chi connectivity index (χ3v) is 6.18. The van der Waals surface area contributed by atoms with Crippen molar-refractivity contribution in [2.45, 2.75) is 13.0 Å². The lowest BCUT2D eigenvalue weighted by molar-refractivity contribution is 0.0941. The third kappa shape index (κ3) is 5.38. The Morgan fingerprint density at radius 1 is 1.12 bits per heavy atom. The highest BCUT2D eigenvalue weighted by molar-refractivity contribution is 7.92. The molecule has 0 bridgehead atoms. The Kier molecular flexibility index (Phi) is 7.04. The first-order chi connectivity index (χ1) is 15.3. The second-order valence-electron chi connectivity index (χ2n) is 7.04. The summed E-state index contributed by atoms with van der Waals surface area (Å²) in [5.41, 5.74) is 1.33. The summed E-state index contributed by atoms with van der Waals surface area (Å²) in [7, 11) is 1.47. The van der Waals surface area contributed by atoms with Gasteiger partial charge in [-0.05, 0) is 42.8 Å². The number of methoxy groups -OCH3 is 2. The lowest BCUT2D eigenvalue weighted by Crippen LogP contribution is -2.31. The largest absolute Gasteiger partial charge is 0.497 e. The van der Waals surface area contributed by atoms with Crippen LogP contribution >= 0.6 is 0 Å². The topological polar surface area (TPSA) is 112 Å². The van der Waals surface area contributed by atoms with Gasteiger partial charge in [-0.2, -0.15) is 0 Å². The number of rotatable bonds is 9. The van der Waals surface area contributed by atoms with E-state index in [4.69, 9.17) is 9.47 Å². The van der Waals surface area contributed by atoms with Crippen molar-refractivity contribution in [3.63, 3.8) is 0 Å². The molecule has 0 saturated heterocycles. The van der Waals surface area contributed by atoms with Gasteiger partial charge in [-0.15, -0.1) is 0 Å². The van der Waals surface area contributed by atoms with Crippen LogP contribution in [0.3, 0.4) is 0 Å². The summed E-state index contributed by atoms with van der Waals surface area (Å²) < 4.78 is 38.8. The van der Waals surface area contributed by atoms with Crippen LogP contribution in [0.5, 0.6) is 11.5 Å². The van der Waals surface area contributed by atoms with Crippen LogP contribution in [-0.2, 0) is 17.1 Å². The molecule has 170 valence electrons. The average molecular weight is 459 g/mol. The van der Waals surface area contributed by atoms with E-state index in [9.17, 15) is 13.2 Å². The molecule has 1 unspecified atom stereocenters. The summed E-state index contributed by atoms with van der Waals surface area (Å²) >= 11 is 0. The van der Waals surface area contributed by atoms with Crippen molar-refractivity contribution >= 4 is 21.6 Å². The molecule has 0 aliphatic heterocycles. The Labute approximate surface area is 187 Å². The highest BCUT2D eigenvalue weighted by atomic mass is 32.2. The molecular weight excluding hydrogens is 432 g/mol. The van der Waals surface area contributed by atoms with Gasteiger partial charge in [0.05, 0.1) is 20.0 Å². The summed E-state index contributed by atoms with van der Waals surface area (Å²) in [4.78, 5) is 17.5. The van der Waals surface area contributed by atoms with E-state index in [0.29, 0.717) is 34.1 Å². The molecule has 0 aliphatic rings. The monoisotopic (exact) mass is 458 g/mol. The number of sulfonamides is 1. The molecule has 32 heavy (non-hydrogen) atoms. The maximum atomic E-state index is 13.1. The summed E-state index contributed by atoms with van der Waals surface area (Å²) in [5.74, 6) is 1.30. The first-order valence-electron chi connectivity index (χ1n) is 9.88. The fourth-order valence-electron chi connectivity index (χ4n) is 3.14. The van der Waals surface area contributed by atoms with Crippen molar-refractivity contribution in [2.24, 2.45) is 7.05 Å². The number of aromatic nitrogens is 2. The van der Waals surface area contributed by atoms with Crippen LogP contribution in [0, 0.1) is 0 Å². The number of imidazole rings is 1. The fourth-order valence-corrected chi connectivity index (χ4v) is 3.77. The van der Waals surface area contributed by atoms with E-state index in [0.717, 1.165) is 0 Å². The number of hydrogen-bond acceptors (Lipinski definition) is 6. The maximum absolute atomic E-state index is 13.1. The van der Waals surface area contributed by atoms with Crippen molar-refractivity contribution in [2.75, 3.05) is 24.7 Å². The number of hydrogen-bond donors (Lipinski definition) is 2. The smallest absolute Gasteiger partial charge is 0.252 e. The lowest BCUT2D eigenvalue weighted by Gasteiger charge is -2.21. The normalized spacial score (nSPS) is 12.1. The predicted octanol–water partition coefficient (Wildman–Crippen LogP) is 2.72. The number of aryl methyl sites for hydroxylation is 1. The fraction of sp³-hybridized carbons (Fsp3) is 0.273. The van der Waals surface area contributed by atoms with Crippen LogP contribution in [0.2, 0.25) is 0 Å². The number of ether oxygens (including phenoxy) is 2. The SMILES string of the molecule is CCS(=O)(=O)Nc1cccc(C(=O)NC(c2cc(OC)cc(OC)c2)c2nccn2C)c1. The van der Waals surface area contributed by atoms with E-state index in [1.807, 2.05) is 11.6 Å². The summed E-state index contributed by atoms with van der Waals surface area (Å²) in [6, 6.07) is 11.0. The van der Waals surface area contributed by atoms with Gasteiger partial charge in [0.25, 0.3) is 5.91 Å². The van der Waals surface area contributed by atoms with E-state index < -0.39 is 22.0 Å². The first kappa shape index (κ1) is 23.1. The molecule has 0 fully saturated rings. The molecule has 1 atom stereocenters. The third-order valence-electron chi connectivity index (χ3n) is 4.88. The number of nitrogens with one attached hydrogen (secondary N) is 2. The van der Waals surface area contributed by atoms with Gasteiger partial charge in [-0.25, -0.2) is 13.4 Å². The van der Waals surface area contributed by atoms with Crippen molar-refractivity contribution in [3.8, 4) is 11.5 Å². The molecule has 0 aliphatic carbocycles. The highest BCUT2D eigenvalue weighted by Gasteiger charge is 2.23. The standard InChI is InChI=1S/C22H26N4O5S/c1-5-32(28,29)25-17-8-6-7-15(11-17)22(27)24-20(21-23-9-10-26(21)2)16-12-18(30-3)14-19(13-16)31-4/h6-14,20,25H,5H2,1-4H3,(H,24,27). The molecule has 1 heterocycles. The number of nitrogens with zero attached hydrogens (tertiary/aromatic N) is 2. The second kappa shape index (κ2) is 9.73. The number of carbonyl (C=O) groups excluding carboxylic acids is 1. The van der Waals surface area contributed by atoms with Gasteiger partial charge in [0.15, 0.2) is 0 Å². The molecule has 0 radical (unpaired) electrons. The molecular formula is C22H26N4O5S. The molecule has 1 amide bonds. The summed E-state index contributed by atoms with van der Waals surface area (Å²) in [6.07, 6.45) is 3.43. The van der Waals surface area contributed by atoms with E-state index in [-0.39, 0.29) is 5.75 Å². The molecule has 3 rings (SSSR count). The van der Waals surface area contributed by atoms with E-state index in [1.165, 1.54) is 6.07 Å². The minimum absolute atomic E-state index is 0.0671. The van der Waals surface area contributed by atoms with E-state index in [2.05, 4.69) is 15.0 Å². The van der Waals surface area contributed by atoms with Gasteiger partial charge in [-0.3, -0.25) is 9.52 Å². The van der Waals surface area contributed by atoms with Crippen molar-refractivity contribution in [1.82, 2.24) is 14.9 Å². The Balaban J connectivity index is 1.97. The number of amides is 1. The predicted molar refractivity (Wildman–Crippen MR) is 122 cm³/mol. The average Bonchev–Trinajstić information content (AvgIpc) is 3.22. The first-order valence-corrected chi connectivity index (χ1v) is 11.5. The summed E-state index contributed by atoms with van der Waals surface area (Å²) in [5, 5.41) is 2.99. The zero-order valence-corrected chi connectivity index (χ0v) is 19.1. The highest BCUT2D eigenvalue weighted by Crippen LogP contribution is 2.29. The number of benzene rings is 2. The molecule has 3 aromatic rings.